The molecule has 0 amide bonds. The summed E-state index contributed by atoms with van der Waals surface area (Å²) in [4.78, 5) is 4.65. The van der Waals surface area contributed by atoms with Crippen LogP contribution in [0.5, 0.6) is 5.75 Å². The average molecular weight is 417 g/mol. The minimum absolute atomic E-state index is 0.0110. The molecule has 0 saturated carbocycles. The summed E-state index contributed by atoms with van der Waals surface area (Å²) in [5, 5.41) is 3.60. The minimum Gasteiger partial charge on any atom is -0.382 e. The van der Waals surface area contributed by atoms with Gasteiger partial charge in [0.25, 0.3) is 0 Å². The van der Waals surface area contributed by atoms with Crippen LogP contribution in [-0.4, -0.2) is 56.7 Å². The Hall–Kier alpha value is -1.93. The lowest BCUT2D eigenvalue weighted by atomic mass is 10.1. The first-order valence-electron chi connectivity index (χ1n) is 9.46. The molecule has 4 rings (SSSR count). The van der Waals surface area contributed by atoms with Crippen LogP contribution >= 0.6 is 11.3 Å². The van der Waals surface area contributed by atoms with Gasteiger partial charge in [-0.2, -0.15) is 8.42 Å². The molecule has 28 heavy (non-hydrogen) atoms. The van der Waals surface area contributed by atoms with E-state index in [1.807, 2.05) is 6.07 Å². The number of piperazine rings is 1. The Labute approximate surface area is 170 Å². The Morgan fingerprint density at radius 1 is 0.893 bits per heavy atom. The standard InChI is InChI=1S/C21H24N2O3S2/c24-28(25,26-19-6-2-1-3-7-19)15-14-22-10-12-23(13-11-22)16-18-17-27-21-9-5-4-8-20(18)21/h1-9,17H,10-16H2. The molecule has 0 aliphatic carbocycles. The average Bonchev–Trinajstić information content (AvgIpc) is 3.11. The van der Waals surface area contributed by atoms with Crippen molar-refractivity contribution in [1.82, 2.24) is 9.80 Å². The van der Waals surface area contributed by atoms with Crippen molar-refractivity contribution < 1.29 is 12.6 Å². The highest BCUT2D eigenvalue weighted by Crippen LogP contribution is 2.26. The lowest BCUT2D eigenvalue weighted by Gasteiger charge is -2.34. The van der Waals surface area contributed by atoms with E-state index in [9.17, 15) is 8.42 Å². The summed E-state index contributed by atoms with van der Waals surface area (Å²) >= 11 is 1.80. The lowest BCUT2D eigenvalue weighted by Crippen LogP contribution is -2.47. The van der Waals surface area contributed by atoms with E-state index >= 15 is 0 Å². The summed E-state index contributed by atoms with van der Waals surface area (Å²) in [5.74, 6) is 0.382. The third kappa shape index (κ3) is 4.91. The molecule has 0 radical (unpaired) electrons. The van der Waals surface area contributed by atoms with Gasteiger partial charge in [0.1, 0.15) is 5.75 Å². The van der Waals surface area contributed by atoms with Gasteiger partial charge in [-0.1, -0.05) is 36.4 Å². The van der Waals surface area contributed by atoms with Crippen LogP contribution in [0.4, 0.5) is 0 Å². The molecule has 148 valence electrons. The molecule has 1 fully saturated rings. The van der Waals surface area contributed by atoms with E-state index in [2.05, 4.69) is 39.4 Å². The first-order chi connectivity index (χ1) is 13.6. The van der Waals surface area contributed by atoms with E-state index in [0.717, 1.165) is 32.7 Å². The van der Waals surface area contributed by atoms with Crippen molar-refractivity contribution in [2.45, 2.75) is 6.54 Å². The van der Waals surface area contributed by atoms with Gasteiger partial charge in [0.2, 0.25) is 0 Å². The fourth-order valence-corrected chi connectivity index (χ4v) is 5.40. The second-order valence-corrected chi connectivity index (χ2v) is 9.63. The predicted molar refractivity (Wildman–Crippen MR) is 114 cm³/mol. The van der Waals surface area contributed by atoms with Crippen LogP contribution in [0.3, 0.4) is 0 Å². The Morgan fingerprint density at radius 3 is 2.36 bits per heavy atom. The largest absolute Gasteiger partial charge is 0.382 e. The molecule has 1 aliphatic heterocycles. The summed E-state index contributed by atoms with van der Waals surface area (Å²) in [6.45, 7) is 5.11. The highest BCUT2D eigenvalue weighted by Gasteiger charge is 2.21. The zero-order valence-electron chi connectivity index (χ0n) is 15.7. The third-order valence-corrected chi connectivity index (χ3v) is 7.19. The number of hydrogen-bond donors (Lipinski definition) is 0. The van der Waals surface area contributed by atoms with E-state index in [0.29, 0.717) is 12.3 Å². The Bertz CT molecular complexity index is 1010. The molecule has 0 spiro atoms. The van der Waals surface area contributed by atoms with Crippen LogP contribution in [0, 0.1) is 0 Å². The maximum atomic E-state index is 12.2. The van der Waals surface area contributed by atoms with E-state index in [4.69, 9.17) is 4.18 Å². The SMILES string of the molecule is O=S(=O)(CCN1CCN(Cc2csc3ccccc23)CC1)Oc1ccccc1. The predicted octanol–water partition coefficient (Wildman–Crippen LogP) is 3.43. The van der Waals surface area contributed by atoms with Crippen LogP contribution in [-0.2, 0) is 16.7 Å². The van der Waals surface area contributed by atoms with Crippen LogP contribution in [0.25, 0.3) is 10.1 Å². The monoisotopic (exact) mass is 416 g/mol. The molecule has 0 atom stereocenters. The molecule has 3 aromatic rings. The molecule has 0 N–H and O–H groups in total. The van der Waals surface area contributed by atoms with Crippen molar-refractivity contribution in [1.29, 1.82) is 0 Å². The van der Waals surface area contributed by atoms with Crippen molar-refractivity contribution >= 4 is 31.5 Å². The zero-order valence-corrected chi connectivity index (χ0v) is 17.3. The summed E-state index contributed by atoms with van der Waals surface area (Å²) < 4.78 is 30.9. The number of para-hydroxylation sites is 1. The molecular formula is C21H24N2O3S2. The maximum Gasteiger partial charge on any atom is 0.310 e. The first kappa shape index (κ1) is 19.4. The molecule has 1 saturated heterocycles. The minimum atomic E-state index is -3.57. The van der Waals surface area contributed by atoms with Crippen LogP contribution in [0.15, 0.2) is 60.0 Å². The summed E-state index contributed by atoms with van der Waals surface area (Å²) in [7, 11) is -3.57. The van der Waals surface area contributed by atoms with Crippen molar-refractivity contribution in [3.63, 3.8) is 0 Å². The highest BCUT2D eigenvalue weighted by molar-refractivity contribution is 7.87. The second-order valence-electron chi connectivity index (χ2n) is 7.03. The summed E-state index contributed by atoms with van der Waals surface area (Å²) in [6, 6.07) is 17.2. The molecule has 2 heterocycles. The van der Waals surface area contributed by atoms with E-state index in [1.165, 1.54) is 15.6 Å². The van der Waals surface area contributed by atoms with Gasteiger partial charge in [-0.25, -0.2) is 0 Å². The van der Waals surface area contributed by atoms with Gasteiger partial charge >= 0.3 is 10.1 Å². The number of thiophene rings is 1. The zero-order chi connectivity index (χ0) is 19.4. The third-order valence-electron chi connectivity index (χ3n) is 5.04. The maximum absolute atomic E-state index is 12.2. The van der Waals surface area contributed by atoms with Gasteiger partial charge in [0.05, 0.1) is 5.75 Å². The van der Waals surface area contributed by atoms with Gasteiger partial charge in [-0.05, 0) is 34.5 Å². The molecule has 0 bridgehead atoms. The number of fused-ring (bicyclic) bond motifs is 1. The Balaban J connectivity index is 1.25. The smallest absolute Gasteiger partial charge is 0.310 e. The van der Waals surface area contributed by atoms with Crippen LogP contribution < -0.4 is 4.18 Å². The van der Waals surface area contributed by atoms with E-state index < -0.39 is 10.1 Å². The fraction of sp³-hybridized carbons (Fsp3) is 0.333. The number of hydrogen-bond acceptors (Lipinski definition) is 6. The first-order valence-corrected chi connectivity index (χ1v) is 11.9. The summed E-state index contributed by atoms with van der Waals surface area (Å²) in [5.41, 5.74) is 1.38. The van der Waals surface area contributed by atoms with Gasteiger partial charge in [-0.3, -0.25) is 9.80 Å². The fourth-order valence-electron chi connectivity index (χ4n) is 3.47. The van der Waals surface area contributed by atoms with Gasteiger partial charge in [0, 0.05) is 44.0 Å². The van der Waals surface area contributed by atoms with Crippen LogP contribution in [0.2, 0.25) is 0 Å². The molecule has 1 aliphatic rings. The van der Waals surface area contributed by atoms with Gasteiger partial charge in [0.15, 0.2) is 0 Å². The number of nitrogens with zero attached hydrogens (tertiary/aromatic N) is 2. The molecular weight excluding hydrogens is 392 g/mol. The van der Waals surface area contributed by atoms with Crippen molar-refractivity contribution in [2.75, 3.05) is 38.5 Å². The molecule has 0 unspecified atom stereocenters. The molecule has 7 heteroatoms. The van der Waals surface area contributed by atoms with E-state index in [1.54, 1.807) is 35.6 Å². The number of benzene rings is 2. The topological polar surface area (TPSA) is 49.9 Å². The van der Waals surface area contributed by atoms with Crippen LogP contribution in [0.1, 0.15) is 5.56 Å². The highest BCUT2D eigenvalue weighted by atomic mass is 32.2. The lowest BCUT2D eigenvalue weighted by molar-refractivity contribution is 0.132. The second kappa shape index (κ2) is 8.61. The van der Waals surface area contributed by atoms with Gasteiger partial charge < -0.3 is 4.18 Å². The quantitative estimate of drug-likeness (QED) is 0.553. The Morgan fingerprint density at radius 2 is 1.57 bits per heavy atom. The van der Waals surface area contributed by atoms with Crippen molar-refractivity contribution in [3.05, 3.63) is 65.5 Å². The number of rotatable bonds is 7. The summed E-state index contributed by atoms with van der Waals surface area (Å²) in [6.07, 6.45) is 0. The van der Waals surface area contributed by atoms with E-state index in [-0.39, 0.29) is 5.75 Å². The van der Waals surface area contributed by atoms with Crippen molar-refractivity contribution in [3.8, 4) is 5.75 Å². The molecule has 1 aromatic heterocycles. The molecule has 2 aromatic carbocycles. The normalized spacial score (nSPS) is 16.4. The molecule has 5 nitrogen and oxygen atoms in total. The van der Waals surface area contributed by atoms with Crippen molar-refractivity contribution in [2.24, 2.45) is 0 Å². The Kier molecular flexibility index (Phi) is 5.96. The van der Waals surface area contributed by atoms with Gasteiger partial charge in [-0.15, -0.1) is 11.3 Å².